The summed E-state index contributed by atoms with van der Waals surface area (Å²) in [5.74, 6) is 1.68. The molecule has 0 saturated carbocycles. The maximum Gasteiger partial charge on any atom is 0.407 e. The number of fused-ring (bicyclic) bond motifs is 1. The van der Waals surface area contributed by atoms with Crippen molar-refractivity contribution in [2.45, 2.75) is 56.3 Å². The van der Waals surface area contributed by atoms with Crippen molar-refractivity contribution in [1.82, 2.24) is 40.4 Å². The van der Waals surface area contributed by atoms with Crippen LogP contribution in [-0.4, -0.2) is 101 Å². The molecule has 64 heavy (non-hydrogen) atoms. The van der Waals surface area contributed by atoms with Crippen molar-refractivity contribution in [2.75, 3.05) is 47.1 Å². The molecule has 0 bridgehead atoms. The van der Waals surface area contributed by atoms with E-state index in [1.54, 1.807) is 11.1 Å². The van der Waals surface area contributed by atoms with E-state index >= 15 is 0 Å². The van der Waals surface area contributed by atoms with Gasteiger partial charge in [-0.25, -0.2) is 19.6 Å². The maximum atomic E-state index is 14.0. The lowest BCUT2D eigenvalue weighted by Gasteiger charge is -2.34. The quantitative estimate of drug-likeness (QED) is 0.0883. The van der Waals surface area contributed by atoms with E-state index < -0.39 is 18.2 Å². The third-order valence-corrected chi connectivity index (χ3v) is 13.0. The summed E-state index contributed by atoms with van der Waals surface area (Å²) >= 11 is 0. The number of benzene rings is 4. The first-order valence-corrected chi connectivity index (χ1v) is 22.0. The minimum atomic E-state index is -0.925. The van der Waals surface area contributed by atoms with Crippen molar-refractivity contribution in [1.29, 1.82) is 0 Å². The van der Waals surface area contributed by atoms with E-state index in [0.29, 0.717) is 43.5 Å². The molecule has 0 unspecified atom stereocenters. The highest BCUT2D eigenvalue weighted by Gasteiger charge is 2.39. The molecule has 2 aromatic heterocycles. The highest BCUT2D eigenvalue weighted by Crippen LogP contribution is 2.37. The van der Waals surface area contributed by atoms with Gasteiger partial charge in [0.05, 0.1) is 50.1 Å². The average Bonchev–Trinajstić information content (AvgIpc) is 4.18. The molecule has 3 fully saturated rings. The van der Waals surface area contributed by atoms with Gasteiger partial charge < -0.3 is 39.7 Å². The van der Waals surface area contributed by atoms with Crippen molar-refractivity contribution in [3.8, 4) is 33.6 Å². The molecule has 4 aromatic carbocycles. The zero-order chi connectivity index (χ0) is 44.2. The molecule has 3 aliphatic rings. The Labute approximate surface area is 372 Å². The molecule has 14 heteroatoms. The van der Waals surface area contributed by atoms with Crippen LogP contribution in [0.4, 0.5) is 9.59 Å². The van der Waals surface area contributed by atoms with Gasteiger partial charge in [-0.05, 0) is 89.7 Å². The van der Waals surface area contributed by atoms with Crippen LogP contribution >= 0.6 is 0 Å². The monoisotopic (exact) mass is 862 g/mol. The number of imidazole rings is 2. The SMILES string of the molecule is C=C1C[C@@H](c2ncc(-c3ccc(-c4ccc5cc(-c6cnc([C@@H]7CCCN7C[C@@H](NC(=O)OC)C7CCOCC7)[nH]6)ccc5c4)cc3)[nH]2)N(C(=O)[C@H](NC(=O)OC)c2ccccc2)C1. The Balaban J connectivity index is 0.868. The molecule has 3 saturated heterocycles. The number of methoxy groups -OCH3 is 2. The molecule has 6 aromatic rings. The summed E-state index contributed by atoms with van der Waals surface area (Å²) in [5.41, 5.74) is 7.60. The van der Waals surface area contributed by atoms with Crippen LogP contribution in [0.2, 0.25) is 0 Å². The Morgan fingerprint density at radius 1 is 0.766 bits per heavy atom. The first-order chi connectivity index (χ1) is 31.2. The second-order valence-electron chi connectivity index (χ2n) is 17.0. The number of hydrogen-bond acceptors (Lipinski definition) is 9. The number of carbonyl (C=O) groups is 3. The van der Waals surface area contributed by atoms with Crippen molar-refractivity contribution in [3.05, 3.63) is 133 Å². The fraction of sp³-hybridized carbons (Fsp3) is 0.340. The molecule has 4 N–H and O–H groups in total. The highest BCUT2D eigenvalue weighted by molar-refractivity contribution is 5.91. The van der Waals surface area contributed by atoms with E-state index in [4.69, 9.17) is 24.2 Å². The van der Waals surface area contributed by atoms with Crippen molar-refractivity contribution >= 4 is 28.9 Å². The Kier molecular flexibility index (Phi) is 12.6. The number of carbonyl (C=O) groups excluding carboxylic acids is 3. The molecule has 0 spiro atoms. The van der Waals surface area contributed by atoms with E-state index in [-0.39, 0.29) is 24.0 Å². The van der Waals surface area contributed by atoms with Gasteiger partial charge in [-0.3, -0.25) is 9.69 Å². The number of nitrogens with zero attached hydrogens (tertiary/aromatic N) is 4. The highest BCUT2D eigenvalue weighted by atomic mass is 16.5. The van der Waals surface area contributed by atoms with E-state index in [9.17, 15) is 14.4 Å². The van der Waals surface area contributed by atoms with Gasteiger partial charge in [-0.1, -0.05) is 91.0 Å². The molecule has 330 valence electrons. The Hall–Kier alpha value is -6.77. The number of H-pyrrole nitrogens is 2. The molecule has 4 atom stereocenters. The van der Waals surface area contributed by atoms with Crippen LogP contribution in [0, 0.1) is 5.92 Å². The topological polar surface area (TPSA) is 167 Å². The number of aromatic nitrogens is 4. The van der Waals surface area contributed by atoms with Crippen molar-refractivity contribution in [3.63, 3.8) is 0 Å². The summed E-state index contributed by atoms with van der Waals surface area (Å²) in [7, 11) is 2.69. The zero-order valence-electron chi connectivity index (χ0n) is 36.2. The van der Waals surface area contributed by atoms with Crippen LogP contribution in [0.3, 0.4) is 0 Å². The number of alkyl carbamates (subject to hydrolysis) is 2. The Bertz CT molecular complexity index is 2620. The normalized spacial score (nSPS) is 19.1. The Morgan fingerprint density at radius 3 is 2.08 bits per heavy atom. The van der Waals surface area contributed by atoms with Crippen LogP contribution in [0.5, 0.6) is 0 Å². The van der Waals surface area contributed by atoms with Crippen LogP contribution in [0.25, 0.3) is 44.4 Å². The molecule has 9 rings (SSSR count). The molecule has 3 aliphatic heterocycles. The van der Waals surface area contributed by atoms with Gasteiger partial charge in [0.1, 0.15) is 17.7 Å². The summed E-state index contributed by atoms with van der Waals surface area (Å²) in [6.45, 7) is 7.66. The molecule has 0 radical (unpaired) electrons. The van der Waals surface area contributed by atoms with Crippen LogP contribution in [-0.2, 0) is 19.0 Å². The van der Waals surface area contributed by atoms with E-state index in [0.717, 1.165) is 94.6 Å². The standard InChI is InChI=1S/C50H54N8O6/c1-31-24-44(58(29-31)48(59)45(56-50(61)63-3)35-8-5-4-6-9-35)47-52-27-40(53-47)33-13-11-32(12-14-33)36-15-16-38-26-39(18-17-37(38)25-36)41-28-51-46(54-41)43-10-7-21-57(43)30-42(55-49(60)62-2)34-19-22-64-23-20-34/h4-6,8-9,11-18,25-28,34,42-45H,1,7,10,19-24,29-30H2,2-3H3,(H,51,54)(H,52,53)(H,55,60)(H,56,61)/t42-,43+,44+,45-/m1/s1. The average molecular weight is 863 g/mol. The third kappa shape index (κ3) is 9.15. The number of nitrogens with one attached hydrogen (secondary N) is 4. The summed E-state index contributed by atoms with van der Waals surface area (Å²) in [4.78, 5) is 59.5. The maximum absolute atomic E-state index is 14.0. The first kappa shape index (κ1) is 42.5. The number of likely N-dealkylation sites (tertiary alicyclic amines) is 2. The van der Waals surface area contributed by atoms with Gasteiger partial charge >= 0.3 is 12.2 Å². The summed E-state index contributed by atoms with van der Waals surface area (Å²) < 4.78 is 15.4. The molecule has 5 heterocycles. The predicted molar refractivity (Wildman–Crippen MR) is 244 cm³/mol. The number of rotatable bonds is 12. The first-order valence-electron chi connectivity index (χ1n) is 22.0. The fourth-order valence-electron chi connectivity index (χ4n) is 9.54. The van der Waals surface area contributed by atoms with Gasteiger partial charge in [-0.2, -0.15) is 0 Å². The van der Waals surface area contributed by atoms with Crippen LogP contribution < -0.4 is 10.6 Å². The summed E-state index contributed by atoms with van der Waals surface area (Å²) in [5, 5.41) is 8.10. The van der Waals surface area contributed by atoms with E-state index in [1.807, 2.05) is 36.5 Å². The van der Waals surface area contributed by atoms with E-state index in [2.05, 4.69) is 92.7 Å². The minimum absolute atomic E-state index is 0.0195. The zero-order valence-corrected chi connectivity index (χ0v) is 36.2. The largest absolute Gasteiger partial charge is 0.453 e. The Morgan fingerprint density at radius 2 is 1.38 bits per heavy atom. The number of aromatic amines is 2. The molecule has 0 aliphatic carbocycles. The summed E-state index contributed by atoms with van der Waals surface area (Å²) in [6, 6.07) is 29.4. The van der Waals surface area contributed by atoms with E-state index in [1.165, 1.54) is 14.2 Å². The third-order valence-electron chi connectivity index (χ3n) is 13.0. The van der Waals surface area contributed by atoms with Crippen molar-refractivity contribution < 1.29 is 28.6 Å². The van der Waals surface area contributed by atoms with Crippen LogP contribution in [0.1, 0.15) is 67.4 Å². The number of hydrogen-bond donors (Lipinski definition) is 4. The number of ether oxygens (including phenoxy) is 3. The second kappa shape index (κ2) is 18.9. The number of amides is 3. The predicted octanol–water partition coefficient (Wildman–Crippen LogP) is 8.50. The molecular formula is C50H54N8O6. The summed E-state index contributed by atoms with van der Waals surface area (Å²) in [6.07, 6.45) is 7.12. The lowest BCUT2D eigenvalue weighted by molar-refractivity contribution is -0.134. The smallest absolute Gasteiger partial charge is 0.407 e. The van der Waals surface area contributed by atoms with Gasteiger partial charge in [0, 0.05) is 37.9 Å². The van der Waals surface area contributed by atoms with Gasteiger partial charge in [0.25, 0.3) is 5.91 Å². The molecule has 3 amide bonds. The molecule has 14 nitrogen and oxygen atoms in total. The van der Waals surface area contributed by atoms with Gasteiger partial charge in [0.2, 0.25) is 0 Å². The van der Waals surface area contributed by atoms with Gasteiger partial charge in [0.15, 0.2) is 0 Å². The minimum Gasteiger partial charge on any atom is -0.453 e. The van der Waals surface area contributed by atoms with Crippen LogP contribution in [0.15, 0.2) is 116 Å². The second-order valence-corrected chi connectivity index (χ2v) is 17.0. The lowest BCUT2D eigenvalue weighted by Crippen LogP contribution is -2.49. The van der Waals surface area contributed by atoms with Crippen molar-refractivity contribution in [2.24, 2.45) is 5.92 Å². The molecular weight excluding hydrogens is 809 g/mol. The van der Waals surface area contributed by atoms with Gasteiger partial charge in [-0.15, -0.1) is 0 Å². The fourth-order valence-corrected chi connectivity index (χ4v) is 9.54. The lowest BCUT2D eigenvalue weighted by atomic mass is 9.91.